The second kappa shape index (κ2) is 6.18. The molecule has 0 unspecified atom stereocenters. The predicted molar refractivity (Wildman–Crippen MR) is 87.0 cm³/mol. The van der Waals surface area contributed by atoms with Gasteiger partial charge in [-0.25, -0.2) is 8.42 Å². The number of anilines is 1. The highest BCUT2D eigenvalue weighted by molar-refractivity contribution is 9.10. The van der Waals surface area contributed by atoms with E-state index in [1.165, 1.54) is 12.1 Å². The van der Waals surface area contributed by atoms with E-state index in [1.807, 2.05) is 0 Å². The number of sulfonamides is 1. The third-order valence-corrected chi connectivity index (χ3v) is 5.05. The zero-order valence-corrected chi connectivity index (χ0v) is 14.0. The Morgan fingerprint density at radius 1 is 0.955 bits per heavy atom. The summed E-state index contributed by atoms with van der Waals surface area (Å²) in [4.78, 5) is 0.197. The molecule has 116 valence electrons. The molecule has 0 saturated heterocycles. The molecule has 0 amide bonds. The molecule has 0 spiro atoms. The van der Waals surface area contributed by atoms with Gasteiger partial charge in [-0.2, -0.15) is 0 Å². The van der Waals surface area contributed by atoms with Gasteiger partial charge in [-0.15, -0.1) is 0 Å². The molecule has 22 heavy (non-hydrogen) atoms. The molecule has 0 aromatic heterocycles. The smallest absolute Gasteiger partial charge is 0.261 e. The first-order chi connectivity index (χ1) is 10.5. The number of fused-ring (bicyclic) bond motifs is 1. The van der Waals surface area contributed by atoms with Gasteiger partial charge in [0.1, 0.15) is 0 Å². The quantitative estimate of drug-likeness (QED) is 0.881. The maximum atomic E-state index is 12.4. The van der Waals surface area contributed by atoms with Crippen LogP contribution in [0.1, 0.15) is 6.42 Å². The van der Waals surface area contributed by atoms with Crippen LogP contribution in [0.5, 0.6) is 11.5 Å². The molecule has 1 aliphatic heterocycles. The molecule has 7 heteroatoms. The molecule has 2 aromatic carbocycles. The normalized spacial score (nSPS) is 14.2. The van der Waals surface area contributed by atoms with E-state index < -0.39 is 10.0 Å². The van der Waals surface area contributed by atoms with Gasteiger partial charge >= 0.3 is 0 Å². The van der Waals surface area contributed by atoms with Crippen LogP contribution >= 0.6 is 15.9 Å². The van der Waals surface area contributed by atoms with Crippen LogP contribution in [-0.2, 0) is 10.0 Å². The average Bonchev–Trinajstić information content (AvgIpc) is 2.72. The van der Waals surface area contributed by atoms with E-state index in [9.17, 15) is 8.42 Å². The predicted octanol–water partition coefficient (Wildman–Crippen LogP) is 3.41. The Morgan fingerprint density at radius 2 is 1.64 bits per heavy atom. The van der Waals surface area contributed by atoms with E-state index in [1.54, 1.807) is 30.3 Å². The van der Waals surface area contributed by atoms with Gasteiger partial charge in [0, 0.05) is 17.0 Å². The van der Waals surface area contributed by atoms with Gasteiger partial charge in [0.05, 0.1) is 23.8 Å². The lowest BCUT2D eigenvalue weighted by atomic mass is 10.3. The van der Waals surface area contributed by atoms with Crippen molar-refractivity contribution >= 4 is 31.6 Å². The SMILES string of the molecule is O=S(=O)(Nc1ccc2c(c1)OCCCO2)c1ccc(Br)cc1. The van der Waals surface area contributed by atoms with Crippen LogP contribution in [0.25, 0.3) is 0 Å². The van der Waals surface area contributed by atoms with Crippen molar-refractivity contribution < 1.29 is 17.9 Å². The second-order valence-corrected chi connectivity index (χ2v) is 7.37. The highest BCUT2D eigenvalue weighted by Crippen LogP contribution is 2.33. The lowest BCUT2D eigenvalue weighted by Crippen LogP contribution is -2.12. The van der Waals surface area contributed by atoms with Gasteiger partial charge in [0.15, 0.2) is 11.5 Å². The molecule has 0 atom stereocenters. The molecule has 0 bridgehead atoms. The highest BCUT2D eigenvalue weighted by Gasteiger charge is 2.16. The van der Waals surface area contributed by atoms with Crippen LogP contribution in [-0.4, -0.2) is 21.6 Å². The van der Waals surface area contributed by atoms with E-state index >= 15 is 0 Å². The Morgan fingerprint density at radius 3 is 2.36 bits per heavy atom. The number of rotatable bonds is 3. The van der Waals surface area contributed by atoms with Crippen molar-refractivity contribution in [2.24, 2.45) is 0 Å². The third kappa shape index (κ3) is 3.36. The van der Waals surface area contributed by atoms with E-state index in [-0.39, 0.29) is 4.90 Å². The summed E-state index contributed by atoms with van der Waals surface area (Å²) in [5, 5.41) is 0. The zero-order valence-electron chi connectivity index (χ0n) is 11.6. The van der Waals surface area contributed by atoms with E-state index in [2.05, 4.69) is 20.7 Å². The molecule has 0 fully saturated rings. The molecular weight excluding hydrogens is 370 g/mol. The Balaban J connectivity index is 1.86. The average molecular weight is 384 g/mol. The minimum Gasteiger partial charge on any atom is -0.490 e. The van der Waals surface area contributed by atoms with Crippen molar-refractivity contribution in [2.45, 2.75) is 11.3 Å². The fourth-order valence-corrected chi connectivity index (χ4v) is 3.37. The van der Waals surface area contributed by atoms with Crippen LogP contribution in [0, 0.1) is 0 Å². The molecule has 0 saturated carbocycles. The first kappa shape index (κ1) is 15.2. The van der Waals surface area contributed by atoms with Crippen LogP contribution in [0.3, 0.4) is 0 Å². The molecule has 2 aromatic rings. The molecule has 1 aliphatic rings. The van der Waals surface area contributed by atoms with Crippen molar-refractivity contribution in [1.82, 2.24) is 0 Å². The van der Waals surface area contributed by atoms with Gasteiger partial charge in [-0.1, -0.05) is 15.9 Å². The van der Waals surface area contributed by atoms with Gasteiger partial charge < -0.3 is 9.47 Å². The lowest BCUT2D eigenvalue weighted by molar-refractivity contribution is 0.297. The first-order valence-electron chi connectivity index (χ1n) is 6.73. The summed E-state index contributed by atoms with van der Waals surface area (Å²) in [6, 6.07) is 11.4. The van der Waals surface area contributed by atoms with Gasteiger partial charge in [0.2, 0.25) is 0 Å². The Bertz CT molecular complexity index is 775. The summed E-state index contributed by atoms with van der Waals surface area (Å²) >= 11 is 3.28. The van der Waals surface area contributed by atoms with E-state index in [0.717, 1.165) is 10.9 Å². The van der Waals surface area contributed by atoms with E-state index in [0.29, 0.717) is 30.4 Å². The molecule has 1 heterocycles. The number of hydrogen-bond donors (Lipinski definition) is 1. The fourth-order valence-electron chi connectivity index (χ4n) is 2.05. The largest absolute Gasteiger partial charge is 0.490 e. The van der Waals surface area contributed by atoms with Crippen LogP contribution in [0.15, 0.2) is 51.8 Å². The second-order valence-electron chi connectivity index (χ2n) is 4.77. The number of benzene rings is 2. The minimum absolute atomic E-state index is 0.197. The summed E-state index contributed by atoms with van der Waals surface area (Å²) in [6.07, 6.45) is 0.800. The van der Waals surface area contributed by atoms with Crippen molar-refractivity contribution in [3.63, 3.8) is 0 Å². The summed E-state index contributed by atoms with van der Waals surface area (Å²) in [5.74, 6) is 1.18. The van der Waals surface area contributed by atoms with Crippen molar-refractivity contribution in [1.29, 1.82) is 0 Å². The van der Waals surface area contributed by atoms with Crippen molar-refractivity contribution in [3.8, 4) is 11.5 Å². The Labute approximate surface area is 137 Å². The highest BCUT2D eigenvalue weighted by atomic mass is 79.9. The molecule has 5 nitrogen and oxygen atoms in total. The number of hydrogen-bond acceptors (Lipinski definition) is 4. The third-order valence-electron chi connectivity index (χ3n) is 3.12. The first-order valence-corrected chi connectivity index (χ1v) is 9.00. The van der Waals surface area contributed by atoms with Gasteiger partial charge in [-0.05, 0) is 36.4 Å². The maximum absolute atomic E-state index is 12.4. The fraction of sp³-hybridized carbons (Fsp3) is 0.200. The topological polar surface area (TPSA) is 64.6 Å². The van der Waals surface area contributed by atoms with Crippen LogP contribution in [0.2, 0.25) is 0 Å². The zero-order chi connectivity index (χ0) is 15.6. The summed E-state index contributed by atoms with van der Waals surface area (Å²) in [5.41, 5.74) is 0.437. The monoisotopic (exact) mass is 383 g/mol. The van der Waals surface area contributed by atoms with E-state index in [4.69, 9.17) is 9.47 Å². The molecule has 3 rings (SSSR count). The Hall–Kier alpha value is -1.73. The number of nitrogens with one attached hydrogen (secondary N) is 1. The van der Waals surface area contributed by atoms with Crippen LogP contribution in [0.4, 0.5) is 5.69 Å². The molecule has 0 radical (unpaired) electrons. The number of ether oxygens (including phenoxy) is 2. The van der Waals surface area contributed by atoms with Crippen molar-refractivity contribution in [3.05, 3.63) is 46.9 Å². The molecular formula is C15H14BrNO4S. The van der Waals surface area contributed by atoms with Gasteiger partial charge in [-0.3, -0.25) is 4.72 Å². The Kier molecular flexibility index (Phi) is 4.26. The lowest BCUT2D eigenvalue weighted by Gasteiger charge is -2.11. The van der Waals surface area contributed by atoms with Crippen molar-refractivity contribution in [2.75, 3.05) is 17.9 Å². The number of halogens is 1. The minimum atomic E-state index is -3.63. The van der Waals surface area contributed by atoms with Gasteiger partial charge in [0.25, 0.3) is 10.0 Å². The molecule has 1 N–H and O–H groups in total. The summed E-state index contributed by atoms with van der Waals surface area (Å²) < 4.78 is 39.2. The standard InChI is InChI=1S/C15H14BrNO4S/c16-11-2-5-13(6-3-11)22(18,19)17-12-4-7-14-15(10-12)21-9-1-8-20-14/h2-7,10,17H,1,8-9H2. The summed E-state index contributed by atoms with van der Waals surface area (Å²) in [7, 11) is -3.63. The maximum Gasteiger partial charge on any atom is 0.261 e. The van der Waals surface area contributed by atoms with Crippen LogP contribution < -0.4 is 14.2 Å². The molecule has 0 aliphatic carbocycles. The summed E-state index contributed by atoms with van der Waals surface area (Å²) in [6.45, 7) is 1.15.